The number of aromatic nitrogens is 2. The molecule has 2 heterocycles. The molecule has 2 aromatic heterocycles. The minimum Gasteiger partial charge on any atom is -0.512 e. The second-order valence-electron chi connectivity index (χ2n) is 15.2. The molecule has 6 rings (SSSR count). The number of aliphatic hydroxyl groups is 1. The van der Waals surface area contributed by atoms with Crippen molar-refractivity contribution >= 4 is 38.8 Å². The molecule has 0 atom stereocenters. The van der Waals surface area contributed by atoms with Crippen LogP contribution >= 0.6 is 0 Å². The number of rotatable bonds is 11. The van der Waals surface area contributed by atoms with Gasteiger partial charge in [-0.3, -0.25) is 14.8 Å². The molecule has 1 aliphatic carbocycles. The number of hydrogen-bond donors (Lipinski definition) is 1. The predicted octanol–water partition coefficient (Wildman–Crippen LogP) is 11.9. The first kappa shape index (κ1) is 39.4. The van der Waals surface area contributed by atoms with Crippen molar-refractivity contribution in [2.24, 2.45) is 23.7 Å². The number of nitrogens with zero attached hydrogens (tertiary/aromatic N) is 2. The summed E-state index contributed by atoms with van der Waals surface area (Å²) in [5.41, 5.74) is 10.2. The van der Waals surface area contributed by atoms with Crippen LogP contribution in [0.3, 0.4) is 0 Å². The fourth-order valence-corrected chi connectivity index (χ4v) is 7.44. The second-order valence-corrected chi connectivity index (χ2v) is 15.2. The van der Waals surface area contributed by atoms with Crippen LogP contribution in [0.2, 0.25) is 0 Å². The Hall–Kier alpha value is -3.34. The molecule has 6 heteroatoms. The van der Waals surface area contributed by atoms with Gasteiger partial charge < -0.3 is 9.52 Å². The number of benzene rings is 3. The van der Waals surface area contributed by atoms with Crippen LogP contribution in [0.25, 0.3) is 44.2 Å². The van der Waals surface area contributed by atoms with Crippen molar-refractivity contribution in [1.82, 2.24) is 9.97 Å². The summed E-state index contributed by atoms with van der Waals surface area (Å²) in [4.78, 5) is 22.1. The molecule has 50 heavy (non-hydrogen) atoms. The zero-order valence-corrected chi connectivity index (χ0v) is 34.1. The van der Waals surface area contributed by atoms with Crippen LogP contribution in [0.1, 0.15) is 117 Å². The number of aliphatic hydroxyl groups excluding tert-OH is 1. The Morgan fingerprint density at radius 2 is 1.38 bits per heavy atom. The number of carbonyl (C=O) groups excluding carboxylic acids is 1. The van der Waals surface area contributed by atoms with E-state index in [0.717, 1.165) is 83.1 Å². The van der Waals surface area contributed by atoms with Crippen LogP contribution in [0.5, 0.6) is 0 Å². The molecule has 1 N–H and O–H groups in total. The first-order chi connectivity index (χ1) is 23.4. The fraction of sp³-hybridized carbons (Fsp3) is 0.477. The molecule has 5 aromatic rings. The molecule has 0 bridgehead atoms. The molecule has 269 valence electrons. The SMILES string of the molecule is CC(C)Cc1c[c-]c2c3c1oc1c(CC(C)C)ccc(c13)C(C)(C)c1nc3ccccc3nc1-2.CCC(CC)C(=O)/C=C(\O)C(CC)CC.[Ir]. The van der Waals surface area contributed by atoms with Crippen molar-refractivity contribution in [3.05, 3.63) is 82.8 Å². The first-order valence-corrected chi connectivity index (χ1v) is 18.5. The van der Waals surface area contributed by atoms with E-state index in [-0.39, 0.29) is 48.9 Å². The zero-order valence-electron chi connectivity index (χ0n) is 31.7. The van der Waals surface area contributed by atoms with Crippen LogP contribution in [-0.4, -0.2) is 20.9 Å². The monoisotopic (exact) mass is 852 g/mol. The van der Waals surface area contributed by atoms with E-state index in [9.17, 15) is 9.90 Å². The minimum atomic E-state index is -0.331. The number of allylic oxidation sites excluding steroid dienone is 2. The third-order valence-corrected chi connectivity index (χ3v) is 10.3. The molecule has 0 unspecified atom stereocenters. The van der Waals surface area contributed by atoms with Crippen molar-refractivity contribution in [3.63, 3.8) is 0 Å². The maximum absolute atomic E-state index is 11.7. The van der Waals surface area contributed by atoms with Crippen LogP contribution in [0, 0.1) is 29.7 Å². The maximum atomic E-state index is 11.7. The van der Waals surface area contributed by atoms with E-state index in [1.54, 1.807) is 0 Å². The summed E-state index contributed by atoms with van der Waals surface area (Å²) in [6.07, 6.45) is 6.86. The molecule has 0 amide bonds. The predicted molar refractivity (Wildman–Crippen MR) is 204 cm³/mol. The molecule has 0 spiro atoms. The molecule has 0 aliphatic heterocycles. The number of fused-ring (bicyclic) bond motifs is 3. The quantitative estimate of drug-likeness (QED) is 0.0814. The van der Waals surface area contributed by atoms with Crippen LogP contribution < -0.4 is 0 Å². The van der Waals surface area contributed by atoms with E-state index < -0.39 is 0 Å². The van der Waals surface area contributed by atoms with Gasteiger partial charge in [0, 0.05) is 54.8 Å². The summed E-state index contributed by atoms with van der Waals surface area (Å²) >= 11 is 0. The number of hydrogen-bond acceptors (Lipinski definition) is 5. The summed E-state index contributed by atoms with van der Waals surface area (Å²) in [5.74, 6) is 1.63. The summed E-state index contributed by atoms with van der Waals surface area (Å²) in [5, 5.41) is 12.1. The molecular weight excluding hydrogens is 797 g/mol. The largest absolute Gasteiger partial charge is 0.512 e. The molecule has 0 fully saturated rings. The topological polar surface area (TPSA) is 76.2 Å². The van der Waals surface area contributed by atoms with Gasteiger partial charge in [-0.15, -0.1) is 17.7 Å². The van der Waals surface area contributed by atoms with Crippen molar-refractivity contribution in [1.29, 1.82) is 0 Å². The first-order valence-electron chi connectivity index (χ1n) is 18.5. The maximum Gasteiger partial charge on any atom is 0.162 e. The minimum absolute atomic E-state index is 0. The Morgan fingerprint density at radius 3 is 1.96 bits per heavy atom. The molecular formula is C44H55IrN2O3-. The summed E-state index contributed by atoms with van der Waals surface area (Å²) < 4.78 is 6.80. The van der Waals surface area contributed by atoms with Crippen molar-refractivity contribution < 1.29 is 34.4 Å². The van der Waals surface area contributed by atoms with Gasteiger partial charge in [0.2, 0.25) is 0 Å². The number of para-hydroxylation sites is 2. The Kier molecular flexibility index (Phi) is 12.9. The van der Waals surface area contributed by atoms with Gasteiger partial charge in [-0.2, -0.15) is 0 Å². The molecule has 1 aliphatic rings. The normalized spacial score (nSPS) is 13.7. The molecule has 0 saturated heterocycles. The van der Waals surface area contributed by atoms with E-state index in [1.165, 1.54) is 28.2 Å². The van der Waals surface area contributed by atoms with Crippen molar-refractivity contribution in [2.75, 3.05) is 0 Å². The van der Waals surface area contributed by atoms with Gasteiger partial charge in [-0.05, 0) is 66.7 Å². The Balaban J connectivity index is 0.000000301. The van der Waals surface area contributed by atoms with Gasteiger partial charge in [0.15, 0.2) is 5.78 Å². The van der Waals surface area contributed by atoms with E-state index in [4.69, 9.17) is 14.4 Å². The van der Waals surface area contributed by atoms with Crippen LogP contribution in [-0.2, 0) is 43.2 Å². The van der Waals surface area contributed by atoms with E-state index >= 15 is 0 Å². The van der Waals surface area contributed by atoms with Crippen molar-refractivity contribution in [3.8, 4) is 11.3 Å². The third-order valence-electron chi connectivity index (χ3n) is 10.3. The van der Waals surface area contributed by atoms with Gasteiger partial charge in [0.25, 0.3) is 0 Å². The summed E-state index contributed by atoms with van der Waals surface area (Å²) in [7, 11) is 0. The Bertz CT molecular complexity index is 1990. The fourth-order valence-electron chi connectivity index (χ4n) is 7.44. The zero-order chi connectivity index (χ0) is 35.6. The summed E-state index contributed by atoms with van der Waals surface area (Å²) in [6, 6.07) is 18.5. The average molecular weight is 852 g/mol. The van der Waals surface area contributed by atoms with Gasteiger partial charge in [0.1, 0.15) is 5.58 Å². The number of furan rings is 1. The van der Waals surface area contributed by atoms with Crippen molar-refractivity contribution in [2.45, 2.75) is 113 Å². The van der Waals surface area contributed by atoms with Gasteiger partial charge in [0.05, 0.1) is 22.4 Å². The smallest absolute Gasteiger partial charge is 0.162 e. The van der Waals surface area contributed by atoms with E-state index in [1.807, 2.05) is 45.9 Å². The third kappa shape index (κ3) is 7.63. The van der Waals surface area contributed by atoms with E-state index in [0.29, 0.717) is 11.8 Å². The molecule has 5 nitrogen and oxygen atoms in total. The average Bonchev–Trinajstić information content (AvgIpc) is 3.44. The van der Waals surface area contributed by atoms with Gasteiger partial charge in [-0.25, -0.2) is 0 Å². The Morgan fingerprint density at radius 1 is 0.820 bits per heavy atom. The summed E-state index contributed by atoms with van der Waals surface area (Å²) in [6.45, 7) is 21.7. The van der Waals surface area contributed by atoms with Gasteiger partial charge >= 0.3 is 0 Å². The Labute approximate surface area is 312 Å². The number of ketones is 1. The molecule has 1 radical (unpaired) electrons. The second kappa shape index (κ2) is 16.3. The van der Waals surface area contributed by atoms with Crippen LogP contribution in [0.15, 0.2) is 58.7 Å². The molecule has 3 aromatic carbocycles. The van der Waals surface area contributed by atoms with Gasteiger partial charge in [-0.1, -0.05) is 117 Å². The van der Waals surface area contributed by atoms with Crippen LogP contribution in [0.4, 0.5) is 0 Å². The number of carbonyl (C=O) groups is 1. The molecule has 0 saturated carbocycles. The van der Waals surface area contributed by atoms with E-state index in [2.05, 4.69) is 71.9 Å². The standard InChI is InChI=1S/C31H31N2O.C13H24O2.Ir/c1-17(2)15-19-11-13-21-25-26-22(14-12-20(16-18(3)4)29(26)34-28(19)25)31(5,6)30-27(21)32-23-9-7-8-10-24(23)33-30;1-5-10(6-2)12(14)9-13(15)11(7-3)8-4;/h7-12,14,17-18H,15-16H2,1-6H3;9-11,14H,5-8H2,1-4H3;/q-1;;/b;12-9-;.